The molecular formula is C18H20ClN3O2S. The summed E-state index contributed by atoms with van der Waals surface area (Å²) in [6.45, 7) is 2.44. The van der Waals surface area contributed by atoms with Crippen molar-refractivity contribution in [3.8, 4) is 6.07 Å². The van der Waals surface area contributed by atoms with Crippen molar-refractivity contribution in [2.75, 3.05) is 29.8 Å². The molecule has 0 unspecified atom stereocenters. The largest absolute Gasteiger partial charge is 0.374 e. The lowest BCUT2D eigenvalue weighted by molar-refractivity contribution is 0.594. The number of hydrogen-bond acceptors (Lipinski definition) is 4. The summed E-state index contributed by atoms with van der Waals surface area (Å²) in [5.74, 6) is 0. The average molecular weight is 378 g/mol. The first-order chi connectivity index (χ1) is 11.8. The van der Waals surface area contributed by atoms with Crippen LogP contribution in [0.25, 0.3) is 0 Å². The summed E-state index contributed by atoms with van der Waals surface area (Å²) < 4.78 is 27.0. The van der Waals surface area contributed by atoms with Gasteiger partial charge in [-0.2, -0.15) is 5.26 Å². The molecule has 0 aliphatic heterocycles. The summed E-state index contributed by atoms with van der Waals surface area (Å²) >= 11 is 5.84. The van der Waals surface area contributed by atoms with Crippen molar-refractivity contribution in [1.29, 1.82) is 5.26 Å². The van der Waals surface area contributed by atoms with Crippen LogP contribution in [0.2, 0.25) is 5.02 Å². The number of hydrogen-bond donors (Lipinski definition) is 0. The minimum Gasteiger partial charge on any atom is -0.374 e. The van der Waals surface area contributed by atoms with Crippen LogP contribution in [0.4, 0.5) is 11.4 Å². The SMILES string of the molecule is Cc1ccc(N(C)CCC#N)cc1N(C)S(=O)(=O)c1ccc(Cl)cc1. The fourth-order valence-electron chi connectivity index (χ4n) is 2.42. The third kappa shape index (κ3) is 4.25. The highest BCUT2D eigenvalue weighted by Gasteiger charge is 2.23. The third-order valence-corrected chi connectivity index (χ3v) is 6.04. The number of nitrogens with zero attached hydrogens (tertiary/aromatic N) is 3. The van der Waals surface area contributed by atoms with E-state index in [2.05, 4.69) is 6.07 Å². The second-order valence-electron chi connectivity index (χ2n) is 5.73. The van der Waals surface area contributed by atoms with E-state index >= 15 is 0 Å². The Kier molecular flexibility index (Phi) is 5.93. The van der Waals surface area contributed by atoms with Crippen LogP contribution in [-0.2, 0) is 10.0 Å². The van der Waals surface area contributed by atoms with Gasteiger partial charge in [0.15, 0.2) is 0 Å². The Labute approximate surface area is 154 Å². The van der Waals surface area contributed by atoms with Gasteiger partial charge in [0.1, 0.15) is 0 Å². The van der Waals surface area contributed by atoms with Gasteiger partial charge in [-0.3, -0.25) is 4.31 Å². The first-order valence-electron chi connectivity index (χ1n) is 7.70. The van der Waals surface area contributed by atoms with Crippen LogP contribution in [-0.4, -0.2) is 29.1 Å². The van der Waals surface area contributed by atoms with E-state index in [1.165, 1.54) is 23.5 Å². The van der Waals surface area contributed by atoms with Crippen molar-refractivity contribution in [1.82, 2.24) is 0 Å². The van der Waals surface area contributed by atoms with Crippen LogP contribution in [0.1, 0.15) is 12.0 Å². The van der Waals surface area contributed by atoms with Crippen molar-refractivity contribution < 1.29 is 8.42 Å². The number of benzene rings is 2. The zero-order valence-electron chi connectivity index (χ0n) is 14.4. The third-order valence-electron chi connectivity index (χ3n) is 4.00. The van der Waals surface area contributed by atoms with Gasteiger partial charge in [-0.25, -0.2) is 8.42 Å². The van der Waals surface area contributed by atoms with Gasteiger partial charge in [0.05, 0.1) is 23.1 Å². The number of rotatable bonds is 6. The van der Waals surface area contributed by atoms with Crippen LogP contribution >= 0.6 is 11.6 Å². The lowest BCUT2D eigenvalue weighted by Crippen LogP contribution is -2.27. The van der Waals surface area contributed by atoms with Crippen LogP contribution in [0.15, 0.2) is 47.4 Å². The van der Waals surface area contributed by atoms with E-state index in [0.717, 1.165) is 11.3 Å². The maximum Gasteiger partial charge on any atom is 0.264 e. The fraction of sp³-hybridized carbons (Fsp3) is 0.278. The summed E-state index contributed by atoms with van der Waals surface area (Å²) in [5, 5.41) is 9.21. The van der Waals surface area contributed by atoms with Crippen LogP contribution in [0, 0.1) is 18.3 Å². The second kappa shape index (κ2) is 7.77. The quantitative estimate of drug-likeness (QED) is 0.767. The van der Waals surface area contributed by atoms with E-state index in [-0.39, 0.29) is 4.90 Å². The highest BCUT2D eigenvalue weighted by molar-refractivity contribution is 7.92. The van der Waals surface area contributed by atoms with E-state index in [1.54, 1.807) is 12.1 Å². The number of anilines is 2. The maximum absolute atomic E-state index is 12.9. The van der Waals surface area contributed by atoms with Crippen LogP contribution < -0.4 is 9.21 Å². The molecule has 0 saturated carbocycles. The summed E-state index contributed by atoms with van der Waals surface area (Å²) in [6, 6.07) is 13.8. The summed E-state index contributed by atoms with van der Waals surface area (Å²) in [7, 11) is -0.279. The molecule has 0 aromatic heterocycles. The number of halogens is 1. The molecule has 25 heavy (non-hydrogen) atoms. The first-order valence-corrected chi connectivity index (χ1v) is 9.52. The molecule has 0 fully saturated rings. The van der Waals surface area contributed by atoms with E-state index < -0.39 is 10.0 Å². The van der Waals surface area contributed by atoms with Gasteiger partial charge in [0, 0.05) is 31.4 Å². The molecule has 0 aliphatic rings. The Morgan fingerprint density at radius 3 is 2.36 bits per heavy atom. The fourth-order valence-corrected chi connectivity index (χ4v) is 3.79. The standard InChI is InChI=1S/C18H20ClN3O2S/c1-14-5-8-16(21(2)12-4-11-20)13-18(14)22(3)25(23,24)17-9-6-15(19)7-10-17/h5-10,13H,4,12H2,1-3H3. The Balaban J connectivity index is 2.39. The molecule has 7 heteroatoms. The maximum atomic E-state index is 12.9. The number of sulfonamides is 1. The molecule has 2 aromatic carbocycles. The topological polar surface area (TPSA) is 64.4 Å². The van der Waals surface area contributed by atoms with Gasteiger partial charge < -0.3 is 4.90 Å². The van der Waals surface area contributed by atoms with Crippen molar-refractivity contribution in [3.63, 3.8) is 0 Å². The molecule has 0 spiro atoms. The normalized spacial score (nSPS) is 11.0. The summed E-state index contributed by atoms with van der Waals surface area (Å²) in [6.07, 6.45) is 0.401. The van der Waals surface area contributed by atoms with Gasteiger partial charge in [0.25, 0.3) is 10.0 Å². The van der Waals surface area contributed by atoms with Gasteiger partial charge in [-0.1, -0.05) is 17.7 Å². The minimum absolute atomic E-state index is 0.182. The van der Waals surface area contributed by atoms with Crippen molar-refractivity contribution in [3.05, 3.63) is 53.1 Å². The molecule has 0 heterocycles. The van der Waals surface area contributed by atoms with E-state index in [9.17, 15) is 8.42 Å². The molecule has 0 N–H and O–H groups in total. The Hall–Kier alpha value is -2.23. The zero-order chi connectivity index (χ0) is 18.6. The molecule has 0 aliphatic carbocycles. The molecular weight excluding hydrogens is 358 g/mol. The summed E-state index contributed by atoms with van der Waals surface area (Å²) in [5.41, 5.74) is 2.29. The molecule has 0 radical (unpaired) electrons. The smallest absolute Gasteiger partial charge is 0.264 e. The predicted molar refractivity (Wildman–Crippen MR) is 102 cm³/mol. The predicted octanol–water partition coefficient (Wildman–Crippen LogP) is 3.82. The highest BCUT2D eigenvalue weighted by atomic mass is 35.5. The molecule has 0 atom stereocenters. The van der Waals surface area contributed by atoms with Crippen molar-refractivity contribution in [2.24, 2.45) is 0 Å². The molecule has 0 bridgehead atoms. The average Bonchev–Trinajstić information content (AvgIpc) is 2.59. The van der Waals surface area contributed by atoms with Gasteiger partial charge in [-0.05, 0) is 48.9 Å². The van der Waals surface area contributed by atoms with Crippen molar-refractivity contribution in [2.45, 2.75) is 18.2 Å². The van der Waals surface area contributed by atoms with Crippen LogP contribution in [0.5, 0.6) is 0 Å². The van der Waals surface area contributed by atoms with Crippen molar-refractivity contribution >= 4 is 33.0 Å². The Bertz CT molecular complexity index is 890. The van der Waals surface area contributed by atoms with Gasteiger partial charge in [-0.15, -0.1) is 0 Å². The Morgan fingerprint density at radius 2 is 1.76 bits per heavy atom. The molecule has 132 valence electrons. The van der Waals surface area contributed by atoms with E-state index in [4.69, 9.17) is 16.9 Å². The lowest BCUT2D eigenvalue weighted by atomic mass is 10.1. The van der Waals surface area contributed by atoms with Gasteiger partial charge in [0.2, 0.25) is 0 Å². The molecule has 0 saturated heterocycles. The monoisotopic (exact) mass is 377 g/mol. The van der Waals surface area contributed by atoms with Crippen LogP contribution in [0.3, 0.4) is 0 Å². The highest BCUT2D eigenvalue weighted by Crippen LogP contribution is 2.29. The van der Waals surface area contributed by atoms with Gasteiger partial charge >= 0.3 is 0 Å². The number of aryl methyl sites for hydroxylation is 1. The molecule has 5 nitrogen and oxygen atoms in total. The first kappa shape index (κ1) is 19.1. The second-order valence-corrected chi connectivity index (χ2v) is 8.13. The molecule has 0 amide bonds. The minimum atomic E-state index is -3.69. The summed E-state index contributed by atoms with van der Waals surface area (Å²) in [4.78, 5) is 2.11. The molecule has 2 aromatic rings. The zero-order valence-corrected chi connectivity index (χ0v) is 16.0. The Morgan fingerprint density at radius 1 is 1.12 bits per heavy atom. The molecule has 2 rings (SSSR count). The van der Waals surface area contributed by atoms with E-state index in [1.807, 2.05) is 37.1 Å². The lowest BCUT2D eigenvalue weighted by Gasteiger charge is -2.25. The number of nitriles is 1. The van der Waals surface area contributed by atoms with E-state index in [0.29, 0.717) is 23.7 Å².